The van der Waals surface area contributed by atoms with Gasteiger partial charge in [-0.05, 0) is 77.5 Å². The van der Waals surface area contributed by atoms with E-state index in [9.17, 15) is 17.6 Å². The molecule has 4 atom stereocenters. The molecule has 4 aromatic carbocycles. The second-order valence-corrected chi connectivity index (χ2v) is 11.8. The Balaban J connectivity index is 0.00000184. The molecule has 0 amide bonds. The van der Waals surface area contributed by atoms with Crippen molar-refractivity contribution in [2.75, 3.05) is 7.05 Å². The fourth-order valence-corrected chi connectivity index (χ4v) is 5.77. The van der Waals surface area contributed by atoms with Crippen molar-refractivity contribution in [1.82, 2.24) is 15.5 Å². The quantitative estimate of drug-likeness (QED) is 0.147. The average molecular weight is 683 g/mol. The van der Waals surface area contributed by atoms with E-state index >= 15 is 0 Å². The van der Waals surface area contributed by atoms with Gasteiger partial charge in [-0.15, -0.1) is 37.2 Å². The molecule has 0 radical (unpaired) electrons. The van der Waals surface area contributed by atoms with E-state index in [1.54, 1.807) is 12.1 Å². The maximum absolute atomic E-state index is 13.5. The third-order valence-electron chi connectivity index (χ3n) is 8.41. The third kappa shape index (κ3) is 9.67. The molecule has 2 aliphatic rings. The van der Waals surface area contributed by atoms with Crippen LogP contribution >= 0.6 is 37.2 Å². The fraction of sp³-hybridized carbons (Fsp3) is 0.314. The summed E-state index contributed by atoms with van der Waals surface area (Å²) in [5, 5.41) is 7.06. The highest BCUT2D eigenvalue weighted by atomic mass is 35.5. The van der Waals surface area contributed by atoms with Crippen LogP contribution < -0.4 is 10.6 Å². The van der Waals surface area contributed by atoms with Crippen molar-refractivity contribution in [1.29, 1.82) is 0 Å². The normalized spacial score (nSPS) is 19.7. The molecule has 242 valence electrons. The lowest BCUT2D eigenvalue weighted by Gasteiger charge is -2.17. The summed E-state index contributed by atoms with van der Waals surface area (Å²) in [7, 11) is 2.11. The molecule has 2 aliphatic carbocycles. The summed E-state index contributed by atoms with van der Waals surface area (Å²) >= 11 is 0. The summed E-state index contributed by atoms with van der Waals surface area (Å²) in [6.45, 7) is 3.17. The van der Waals surface area contributed by atoms with Gasteiger partial charge in [-0.2, -0.15) is 0 Å². The molecule has 45 heavy (non-hydrogen) atoms. The van der Waals surface area contributed by atoms with Crippen LogP contribution in [0.5, 0.6) is 0 Å². The van der Waals surface area contributed by atoms with Gasteiger partial charge >= 0.3 is 0 Å². The first kappa shape index (κ1) is 36.8. The Labute approximate surface area is 281 Å². The molecule has 0 spiro atoms. The highest BCUT2D eigenvalue weighted by Crippen LogP contribution is 2.42. The van der Waals surface area contributed by atoms with E-state index in [2.05, 4.69) is 71.1 Å². The maximum Gasteiger partial charge on any atom is 0.159 e. The number of hydrogen-bond donors (Lipinski definition) is 2. The predicted molar refractivity (Wildman–Crippen MR) is 178 cm³/mol. The van der Waals surface area contributed by atoms with Crippen LogP contribution in [0.2, 0.25) is 0 Å². The van der Waals surface area contributed by atoms with E-state index in [1.165, 1.54) is 46.5 Å². The van der Waals surface area contributed by atoms with Crippen molar-refractivity contribution < 1.29 is 17.6 Å². The summed E-state index contributed by atoms with van der Waals surface area (Å²) in [5.41, 5.74) is 6.59. The molecule has 0 saturated heterocycles. The lowest BCUT2D eigenvalue weighted by molar-refractivity contribution is 0.319. The van der Waals surface area contributed by atoms with Crippen molar-refractivity contribution >= 4 is 37.2 Å². The Kier molecular flexibility index (Phi) is 13.3. The Morgan fingerprint density at radius 1 is 0.533 bits per heavy atom. The molecule has 0 aromatic heterocycles. The van der Waals surface area contributed by atoms with Crippen molar-refractivity contribution in [3.8, 4) is 0 Å². The molecule has 4 aromatic rings. The summed E-state index contributed by atoms with van der Waals surface area (Å²) in [5.74, 6) is -2.69. The van der Waals surface area contributed by atoms with Crippen molar-refractivity contribution in [3.63, 3.8) is 0 Å². The van der Waals surface area contributed by atoms with Crippen LogP contribution in [0.25, 0.3) is 0 Å². The zero-order chi connectivity index (χ0) is 29.2. The largest absolute Gasteiger partial charge is 0.309 e. The van der Waals surface area contributed by atoms with E-state index in [1.807, 2.05) is 0 Å². The predicted octanol–water partition coefficient (Wildman–Crippen LogP) is 8.43. The third-order valence-corrected chi connectivity index (χ3v) is 8.41. The van der Waals surface area contributed by atoms with Gasteiger partial charge in [-0.1, -0.05) is 60.7 Å². The summed E-state index contributed by atoms with van der Waals surface area (Å²) in [4.78, 5) is 2.29. The molecule has 0 aliphatic heterocycles. The van der Waals surface area contributed by atoms with Gasteiger partial charge in [0.2, 0.25) is 0 Å². The van der Waals surface area contributed by atoms with Crippen LogP contribution in [-0.2, 0) is 26.2 Å². The molecule has 2 saturated carbocycles. The smallest absolute Gasteiger partial charge is 0.159 e. The molecule has 6 rings (SSSR count). The second-order valence-electron chi connectivity index (χ2n) is 11.8. The number of rotatable bonds is 12. The van der Waals surface area contributed by atoms with Crippen LogP contribution in [0.3, 0.4) is 0 Å². The van der Waals surface area contributed by atoms with Crippen LogP contribution in [0.1, 0.15) is 58.1 Å². The average Bonchev–Trinajstić information content (AvgIpc) is 3.91. The highest BCUT2D eigenvalue weighted by molar-refractivity contribution is 5.86. The lowest BCUT2D eigenvalue weighted by atomic mass is 10.1. The number of nitrogens with one attached hydrogen (secondary N) is 2. The summed E-state index contributed by atoms with van der Waals surface area (Å²) in [6.07, 6.45) is 1.87. The minimum atomic E-state index is -0.801. The number of hydrogen-bond acceptors (Lipinski definition) is 3. The van der Waals surface area contributed by atoms with Crippen molar-refractivity contribution in [2.24, 2.45) is 0 Å². The minimum absolute atomic E-state index is 0. The number of halogens is 7. The van der Waals surface area contributed by atoms with Gasteiger partial charge in [0.05, 0.1) is 0 Å². The van der Waals surface area contributed by atoms with Crippen LogP contribution in [0.15, 0.2) is 84.9 Å². The summed E-state index contributed by atoms with van der Waals surface area (Å²) in [6, 6.07) is 26.2. The monoisotopic (exact) mass is 681 g/mol. The van der Waals surface area contributed by atoms with Gasteiger partial charge in [0.25, 0.3) is 0 Å². The molecule has 0 heterocycles. The molecular weight excluding hydrogens is 645 g/mol. The van der Waals surface area contributed by atoms with Gasteiger partial charge < -0.3 is 10.6 Å². The van der Waals surface area contributed by atoms with Gasteiger partial charge in [-0.25, -0.2) is 17.6 Å². The standard InChI is InChI=1S/C35H35F4N3.3ClH/c1-42(20-24-6-2-22(3-7-24)18-40-34-16-28(34)26-10-12-30(36)32(38)14-26)21-25-8-4-23(5-9-25)19-41-35-17-29(35)27-11-13-31(37)33(39)15-27;;;/h2-15,28-29,34-35,40-41H,16-21H2,1H3;3*1H/t28-,29+,34+,35-;;;. The molecular formula is C35H38Cl3F4N3. The Hall–Kier alpha value is -2.65. The molecule has 0 unspecified atom stereocenters. The molecule has 0 bridgehead atoms. The molecule has 2 N–H and O–H groups in total. The highest BCUT2D eigenvalue weighted by Gasteiger charge is 2.39. The summed E-state index contributed by atoms with van der Waals surface area (Å²) < 4.78 is 53.4. The van der Waals surface area contributed by atoms with Crippen LogP contribution in [0.4, 0.5) is 17.6 Å². The Bertz CT molecular complexity index is 1420. The minimum Gasteiger partial charge on any atom is -0.309 e. The zero-order valence-electron chi connectivity index (χ0n) is 24.8. The Morgan fingerprint density at radius 3 is 1.24 bits per heavy atom. The van der Waals surface area contributed by atoms with E-state index in [4.69, 9.17) is 0 Å². The van der Waals surface area contributed by atoms with Gasteiger partial charge in [0.1, 0.15) is 0 Å². The SMILES string of the molecule is CN(Cc1ccc(CN[C@H]2C[C@@H]2c2ccc(F)c(F)c2)cc1)Cc1ccc(CN[C@@H]2C[C@H]2c2ccc(F)c(F)c2)cc1.Cl.Cl.Cl. The maximum atomic E-state index is 13.5. The van der Waals surface area contributed by atoms with Crippen molar-refractivity contribution in [3.05, 3.63) is 142 Å². The van der Waals surface area contributed by atoms with Gasteiger partial charge in [-0.3, -0.25) is 4.90 Å². The van der Waals surface area contributed by atoms with E-state index in [0.717, 1.165) is 50.1 Å². The Morgan fingerprint density at radius 2 is 0.889 bits per heavy atom. The van der Waals surface area contributed by atoms with E-state index < -0.39 is 23.3 Å². The zero-order valence-corrected chi connectivity index (χ0v) is 27.3. The van der Waals surface area contributed by atoms with Gasteiger partial charge in [0, 0.05) is 50.1 Å². The van der Waals surface area contributed by atoms with Crippen LogP contribution in [-0.4, -0.2) is 24.0 Å². The van der Waals surface area contributed by atoms with Crippen molar-refractivity contribution in [2.45, 2.75) is 62.9 Å². The molecule has 3 nitrogen and oxygen atoms in total. The first-order valence-corrected chi connectivity index (χ1v) is 14.5. The fourth-order valence-electron chi connectivity index (χ4n) is 5.77. The van der Waals surface area contributed by atoms with E-state index in [-0.39, 0.29) is 49.1 Å². The molecule has 10 heteroatoms. The van der Waals surface area contributed by atoms with E-state index in [0.29, 0.717) is 12.1 Å². The second kappa shape index (κ2) is 16.3. The van der Waals surface area contributed by atoms with Gasteiger partial charge in [0.15, 0.2) is 23.3 Å². The lowest BCUT2D eigenvalue weighted by Crippen LogP contribution is -2.19. The topological polar surface area (TPSA) is 27.3 Å². The van der Waals surface area contributed by atoms with Crippen LogP contribution in [0, 0.1) is 23.3 Å². The first-order chi connectivity index (χ1) is 20.3. The molecule has 2 fully saturated rings. The first-order valence-electron chi connectivity index (χ1n) is 14.5. The number of nitrogens with zero attached hydrogens (tertiary/aromatic N) is 1. The number of benzene rings is 4.